The van der Waals surface area contributed by atoms with Gasteiger partial charge in [0.2, 0.25) is 0 Å². The van der Waals surface area contributed by atoms with Crippen LogP contribution in [0.3, 0.4) is 0 Å². The lowest BCUT2D eigenvalue weighted by atomic mass is 9.94. The monoisotopic (exact) mass is 566 g/mol. The molecule has 0 spiro atoms. The lowest BCUT2D eigenvalue weighted by Crippen LogP contribution is -2.39. The summed E-state index contributed by atoms with van der Waals surface area (Å²) in [5.41, 5.74) is 3.87. The van der Waals surface area contributed by atoms with Crippen LogP contribution < -0.4 is 19.5 Å². The number of rotatable bonds is 11. The third kappa shape index (κ3) is 7.47. The number of carbonyl (C=O) groups is 3. The first-order valence-electron chi connectivity index (χ1n) is 14.0. The van der Waals surface area contributed by atoms with Crippen LogP contribution >= 0.6 is 0 Å². The molecule has 0 fully saturated rings. The van der Waals surface area contributed by atoms with Crippen molar-refractivity contribution in [2.24, 2.45) is 0 Å². The van der Waals surface area contributed by atoms with Gasteiger partial charge in [0, 0.05) is 36.7 Å². The molecule has 1 amide bonds. The Morgan fingerprint density at radius 3 is 2.32 bits per heavy atom. The molecular formula is C32H42N2O7. The Hall–Kier alpha value is -3.85. The second-order valence-corrected chi connectivity index (χ2v) is 10.7. The van der Waals surface area contributed by atoms with Crippen LogP contribution in [0.25, 0.3) is 6.08 Å². The fraction of sp³-hybridized carbons (Fsp3) is 0.469. The van der Waals surface area contributed by atoms with E-state index < -0.39 is 17.8 Å². The van der Waals surface area contributed by atoms with Crippen molar-refractivity contribution in [3.63, 3.8) is 0 Å². The molecular weight excluding hydrogens is 524 g/mol. The molecule has 1 aliphatic rings. The van der Waals surface area contributed by atoms with Crippen molar-refractivity contribution < 1.29 is 33.3 Å². The van der Waals surface area contributed by atoms with Crippen LogP contribution in [-0.4, -0.2) is 61.2 Å². The lowest BCUT2D eigenvalue weighted by molar-refractivity contribution is -0.132. The average molecular weight is 567 g/mol. The Morgan fingerprint density at radius 1 is 1.02 bits per heavy atom. The van der Waals surface area contributed by atoms with Gasteiger partial charge in [-0.25, -0.2) is 4.79 Å². The van der Waals surface area contributed by atoms with E-state index in [1.165, 1.54) is 6.92 Å². The van der Waals surface area contributed by atoms with Gasteiger partial charge >= 0.3 is 11.9 Å². The number of esters is 2. The fourth-order valence-electron chi connectivity index (χ4n) is 4.95. The summed E-state index contributed by atoms with van der Waals surface area (Å²) in [5.74, 6) is 0.199. The molecule has 0 aliphatic carbocycles. The maximum absolute atomic E-state index is 13.4. The van der Waals surface area contributed by atoms with Gasteiger partial charge in [0.15, 0.2) is 0 Å². The van der Waals surface area contributed by atoms with Crippen LogP contribution in [0.1, 0.15) is 74.2 Å². The van der Waals surface area contributed by atoms with Gasteiger partial charge in [-0.2, -0.15) is 0 Å². The number of anilines is 1. The molecule has 9 heteroatoms. The molecule has 0 unspecified atom stereocenters. The highest BCUT2D eigenvalue weighted by Crippen LogP contribution is 2.41. The zero-order chi connectivity index (χ0) is 30.4. The first-order valence-corrected chi connectivity index (χ1v) is 14.0. The number of nitrogens with zero attached hydrogens (tertiary/aromatic N) is 1. The summed E-state index contributed by atoms with van der Waals surface area (Å²) < 4.78 is 22.7. The van der Waals surface area contributed by atoms with Gasteiger partial charge in [0.25, 0.3) is 5.91 Å². The molecule has 2 aromatic rings. The molecule has 222 valence electrons. The molecule has 1 aliphatic heterocycles. The highest BCUT2D eigenvalue weighted by molar-refractivity contribution is 6.10. The van der Waals surface area contributed by atoms with Crippen molar-refractivity contribution in [1.29, 1.82) is 0 Å². The first kappa shape index (κ1) is 31.7. The molecule has 1 N–H and O–H groups in total. The lowest BCUT2D eigenvalue weighted by Gasteiger charge is -2.30. The van der Waals surface area contributed by atoms with Gasteiger partial charge in [-0.1, -0.05) is 0 Å². The predicted molar refractivity (Wildman–Crippen MR) is 159 cm³/mol. The number of fused-ring (bicyclic) bond motifs is 1. The molecule has 0 atom stereocenters. The average Bonchev–Trinajstić information content (AvgIpc) is 2.92. The normalized spacial score (nSPS) is 12.5. The number of ether oxygens (including phenoxy) is 4. The number of hydrogen-bond donors (Lipinski definition) is 1. The minimum atomic E-state index is -0.563. The van der Waals surface area contributed by atoms with Crippen molar-refractivity contribution in [2.75, 3.05) is 31.7 Å². The van der Waals surface area contributed by atoms with Gasteiger partial charge in [0.1, 0.15) is 30.5 Å². The fourth-order valence-corrected chi connectivity index (χ4v) is 4.95. The number of carbonyl (C=O) groups excluding carboxylic acids is 3. The second-order valence-electron chi connectivity index (χ2n) is 10.7. The number of benzene rings is 2. The third-order valence-corrected chi connectivity index (χ3v) is 7.14. The zero-order valence-electron chi connectivity index (χ0n) is 25.6. The van der Waals surface area contributed by atoms with E-state index in [0.717, 1.165) is 17.7 Å². The summed E-state index contributed by atoms with van der Waals surface area (Å²) in [6.45, 7) is 18.6. The van der Waals surface area contributed by atoms with Crippen molar-refractivity contribution >= 4 is 29.6 Å². The van der Waals surface area contributed by atoms with Crippen molar-refractivity contribution in [3.8, 4) is 17.2 Å². The molecule has 0 saturated carbocycles. The van der Waals surface area contributed by atoms with Gasteiger partial charge in [0.05, 0.1) is 23.4 Å². The highest BCUT2D eigenvalue weighted by Gasteiger charge is 2.26. The molecule has 1 heterocycles. The topological polar surface area (TPSA) is 103 Å². The third-order valence-electron chi connectivity index (χ3n) is 7.14. The predicted octanol–water partition coefficient (Wildman–Crippen LogP) is 5.63. The quantitative estimate of drug-likeness (QED) is 0.276. The van der Waals surface area contributed by atoms with Crippen LogP contribution in [-0.2, 0) is 14.3 Å². The van der Waals surface area contributed by atoms with Gasteiger partial charge in [-0.05, 0) is 90.8 Å². The zero-order valence-corrected chi connectivity index (χ0v) is 25.6. The number of hydrogen-bond acceptors (Lipinski definition) is 8. The Labute approximate surface area is 242 Å². The van der Waals surface area contributed by atoms with Crippen molar-refractivity contribution in [1.82, 2.24) is 4.90 Å². The summed E-state index contributed by atoms with van der Waals surface area (Å²) in [6.07, 6.45) is 1.74. The summed E-state index contributed by atoms with van der Waals surface area (Å²) in [6, 6.07) is 5.70. The first-order chi connectivity index (χ1) is 19.3. The van der Waals surface area contributed by atoms with E-state index >= 15 is 0 Å². The molecule has 0 aromatic heterocycles. The Morgan fingerprint density at radius 2 is 1.71 bits per heavy atom. The summed E-state index contributed by atoms with van der Waals surface area (Å²) >= 11 is 0. The standard InChI is InChI=1S/C32H42N2O7/c1-10-38-32(37)27-16-25(39-14-13-34(18(2)3)19(4)5)11-12-28(27)33-31(36)24-15-26-22(8)29(41-23(9)35)20(6)21(7)30(26)40-17-24/h11-12,15-16,18-19H,10,13-14,17H2,1-9H3,(H,33,36). The number of nitrogens with one attached hydrogen (secondary N) is 1. The van der Waals surface area contributed by atoms with Crippen LogP contribution in [0.15, 0.2) is 23.8 Å². The van der Waals surface area contributed by atoms with Gasteiger partial charge in [-0.3, -0.25) is 14.5 Å². The molecule has 2 aromatic carbocycles. The van der Waals surface area contributed by atoms with E-state index in [1.54, 1.807) is 31.2 Å². The van der Waals surface area contributed by atoms with E-state index in [0.29, 0.717) is 58.3 Å². The largest absolute Gasteiger partial charge is 0.492 e. The highest BCUT2D eigenvalue weighted by atomic mass is 16.5. The minimum absolute atomic E-state index is 0.0452. The minimum Gasteiger partial charge on any atom is -0.492 e. The maximum Gasteiger partial charge on any atom is 0.340 e. The molecule has 3 rings (SSSR count). The number of amides is 1. The molecule has 0 saturated heterocycles. The van der Waals surface area contributed by atoms with E-state index in [4.69, 9.17) is 18.9 Å². The van der Waals surface area contributed by atoms with Crippen molar-refractivity contribution in [3.05, 3.63) is 51.6 Å². The summed E-state index contributed by atoms with van der Waals surface area (Å²) in [7, 11) is 0. The summed E-state index contributed by atoms with van der Waals surface area (Å²) in [4.78, 5) is 40.2. The maximum atomic E-state index is 13.4. The van der Waals surface area contributed by atoms with Crippen molar-refractivity contribution in [2.45, 2.75) is 74.4 Å². The van der Waals surface area contributed by atoms with Gasteiger partial charge in [-0.15, -0.1) is 0 Å². The van der Waals surface area contributed by atoms with Crippen LogP contribution in [0.5, 0.6) is 17.2 Å². The SMILES string of the molecule is CCOC(=O)c1cc(OCCN(C(C)C)C(C)C)ccc1NC(=O)C1=Cc2c(C)c(OC(C)=O)c(C)c(C)c2OC1. The van der Waals surface area contributed by atoms with E-state index in [2.05, 4.69) is 37.9 Å². The van der Waals surface area contributed by atoms with Crippen LogP contribution in [0, 0.1) is 20.8 Å². The van der Waals surface area contributed by atoms with E-state index in [-0.39, 0.29) is 18.8 Å². The smallest absolute Gasteiger partial charge is 0.340 e. The molecule has 9 nitrogen and oxygen atoms in total. The van der Waals surface area contributed by atoms with Gasteiger partial charge < -0.3 is 24.3 Å². The Balaban J connectivity index is 1.86. The Kier molecular flexibility index (Phi) is 10.6. The molecule has 0 radical (unpaired) electrons. The molecule has 41 heavy (non-hydrogen) atoms. The van der Waals surface area contributed by atoms with Crippen LogP contribution in [0.4, 0.5) is 5.69 Å². The van der Waals surface area contributed by atoms with E-state index in [9.17, 15) is 14.4 Å². The Bertz CT molecular complexity index is 1340. The second kappa shape index (κ2) is 13.7. The van der Waals surface area contributed by atoms with E-state index in [1.807, 2.05) is 20.8 Å². The summed E-state index contributed by atoms with van der Waals surface area (Å²) in [5, 5.41) is 2.84. The molecule has 0 bridgehead atoms. The van der Waals surface area contributed by atoms with Crippen LogP contribution in [0.2, 0.25) is 0 Å².